The van der Waals surface area contributed by atoms with E-state index in [4.69, 9.17) is 9.84 Å². The number of nitriles is 1. The number of nitrogens with one attached hydrogen (secondary N) is 1. The van der Waals surface area contributed by atoms with Gasteiger partial charge in [0.25, 0.3) is 5.91 Å². The van der Waals surface area contributed by atoms with E-state index in [-0.39, 0.29) is 12.1 Å². The summed E-state index contributed by atoms with van der Waals surface area (Å²) in [5.41, 5.74) is 2.48. The summed E-state index contributed by atoms with van der Waals surface area (Å²) in [6.45, 7) is 4.36. The van der Waals surface area contributed by atoms with Gasteiger partial charge in [-0.05, 0) is 47.0 Å². The van der Waals surface area contributed by atoms with Crippen LogP contribution in [0.5, 0.6) is 0 Å². The highest BCUT2D eigenvalue weighted by atomic mass is 16.5. The molecule has 2 aromatic carbocycles. The van der Waals surface area contributed by atoms with Crippen LogP contribution in [0.4, 0.5) is 5.69 Å². The number of carbonyl (C=O) groups excluding carboxylic acids is 1. The van der Waals surface area contributed by atoms with Gasteiger partial charge >= 0.3 is 0 Å². The van der Waals surface area contributed by atoms with Crippen molar-refractivity contribution in [3.05, 3.63) is 47.5 Å². The number of aliphatic hydroxyl groups excluding tert-OH is 2. The number of anilines is 1. The Balaban J connectivity index is 1.85. The normalized spacial score (nSPS) is 16.1. The predicted molar refractivity (Wildman–Crippen MR) is 111 cm³/mol. The highest BCUT2D eigenvalue weighted by Crippen LogP contribution is 2.27. The van der Waals surface area contributed by atoms with Crippen LogP contribution < -0.4 is 10.2 Å². The molecule has 7 heteroatoms. The summed E-state index contributed by atoms with van der Waals surface area (Å²) < 4.78 is 5.41. The van der Waals surface area contributed by atoms with Crippen molar-refractivity contribution in [2.75, 3.05) is 44.4 Å². The first-order valence-electron chi connectivity index (χ1n) is 9.58. The zero-order valence-electron chi connectivity index (χ0n) is 16.4. The number of rotatable bonds is 6. The first-order chi connectivity index (χ1) is 14.0. The number of hydrogen-bond acceptors (Lipinski definition) is 6. The van der Waals surface area contributed by atoms with E-state index in [0.717, 1.165) is 48.3 Å². The van der Waals surface area contributed by atoms with Crippen molar-refractivity contribution in [1.82, 2.24) is 5.32 Å². The third kappa shape index (κ3) is 4.93. The Labute approximate surface area is 169 Å². The lowest BCUT2D eigenvalue weighted by Gasteiger charge is -2.29. The molecule has 1 saturated heterocycles. The minimum atomic E-state index is -1.06. The number of fused-ring (bicyclic) bond motifs is 1. The number of morpholine rings is 1. The zero-order valence-corrected chi connectivity index (χ0v) is 16.4. The zero-order chi connectivity index (χ0) is 20.8. The van der Waals surface area contributed by atoms with Crippen LogP contribution in [0.25, 0.3) is 16.3 Å². The van der Waals surface area contributed by atoms with Crippen LogP contribution >= 0.6 is 0 Å². The number of hydrogen-bond donors (Lipinski definition) is 3. The maximum atomic E-state index is 12.3. The Bertz CT molecular complexity index is 958. The molecule has 1 aliphatic rings. The molecular weight excluding hydrogens is 370 g/mol. The third-order valence-electron chi connectivity index (χ3n) is 5.06. The Morgan fingerprint density at radius 2 is 1.93 bits per heavy atom. The molecular formula is C22H25N3O4. The van der Waals surface area contributed by atoms with E-state index in [1.807, 2.05) is 30.3 Å². The van der Waals surface area contributed by atoms with Crippen LogP contribution in [0.1, 0.15) is 12.5 Å². The van der Waals surface area contributed by atoms with Crippen LogP contribution in [0, 0.1) is 11.3 Å². The molecule has 1 aliphatic heterocycles. The Kier molecular flexibility index (Phi) is 6.83. The van der Waals surface area contributed by atoms with Crippen molar-refractivity contribution in [1.29, 1.82) is 5.26 Å². The van der Waals surface area contributed by atoms with Gasteiger partial charge in [-0.1, -0.05) is 18.2 Å². The van der Waals surface area contributed by atoms with E-state index in [9.17, 15) is 15.2 Å². The van der Waals surface area contributed by atoms with Gasteiger partial charge in [0.1, 0.15) is 11.6 Å². The van der Waals surface area contributed by atoms with E-state index in [1.165, 1.54) is 0 Å². The van der Waals surface area contributed by atoms with Crippen LogP contribution in [0.2, 0.25) is 0 Å². The van der Waals surface area contributed by atoms with Crippen molar-refractivity contribution in [2.24, 2.45) is 0 Å². The molecule has 7 nitrogen and oxygen atoms in total. The van der Waals surface area contributed by atoms with Gasteiger partial charge in [0.15, 0.2) is 0 Å². The van der Waals surface area contributed by atoms with Crippen LogP contribution in [-0.2, 0) is 9.53 Å². The molecule has 1 amide bonds. The largest absolute Gasteiger partial charge is 0.394 e. The van der Waals surface area contributed by atoms with Crippen molar-refractivity contribution in [3.8, 4) is 6.07 Å². The molecule has 2 aromatic rings. The predicted octanol–water partition coefficient (Wildman–Crippen LogP) is 1.44. The summed E-state index contributed by atoms with van der Waals surface area (Å²) >= 11 is 0. The fourth-order valence-corrected chi connectivity index (χ4v) is 3.30. The fraction of sp³-hybridized carbons (Fsp3) is 0.364. The van der Waals surface area contributed by atoms with Gasteiger partial charge in [-0.3, -0.25) is 4.79 Å². The molecule has 29 heavy (non-hydrogen) atoms. The van der Waals surface area contributed by atoms with Gasteiger partial charge in [0.05, 0.1) is 25.9 Å². The number of allylic oxidation sites excluding steroid dienone is 1. The van der Waals surface area contributed by atoms with E-state index in [1.54, 1.807) is 6.92 Å². The molecule has 152 valence electrons. The number of amides is 1. The number of nitrogens with zero attached hydrogens (tertiary/aromatic N) is 2. The van der Waals surface area contributed by atoms with Crippen LogP contribution in [0.3, 0.4) is 0 Å². The maximum Gasteiger partial charge on any atom is 0.262 e. The van der Waals surface area contributed by atoms with Crippen LogP contribution in [-0.4, -0.2) is 61.7 Å². The molecule has 0 bridgehead atoms. The van der Waals surface area contributed by atoms with Crippen molar-refractivity contribution in [3.63, 3.8) is 0 Å². The lowest BCUT2D eigenvalue weighted by atomic mass is 9.98. The van der Waals surface area contributed by atoms with Crippen LogP contribution in [0.15, 0.2) is 42.0 Å². The van der Waals surface area contributed by atoms with E-state index < -0.39 is 18.6 Å². The summed E-state index contributed by atoms with van der Waals surface area (Å²) in [5.74, 6) is -0.569. The van der Waals surface area contributed by atoms with Gasteiger partial charge in [0.2, 0.25) is 0 Å². The molecule has 0 radical (unpaired) electrons. The number of ether oxygens (including phenoxy) is 1. The first kappa shape index (κ1) is 20.8. The van der Waals surface area contributed by atoms with Crippen molar-refractivity contribution in [2.45, 2.75) is 13.0 Å². The quantitative estimate of drug-likeness (QED) is 0.505. The van der Waals surface area contributed by atoms with Gasteiger partial charge in [-0.25, -0.2) is 0 Å². The molecule has 3 rings (SSSR count). The Morgan fingerprint density at radius 1 is 1.24 bits per heavy atom. The molecule has 1 unspecified atom stereocenters. The van der Waals surface area contributed by atoms with Gasteiger partial charge in [-0.2, -0.15) is 5.26 Å². The second kappa shape index (κ2) is 9.52. The topological polar surface area (TPSA) is 106 Å². The monoisotopic (exact) mass is 395 g/mol. The van der Waals surface area contributed by atoms with Crippen molar-refractivity contribution >= 4 is 27.9 Å². The van der Waals surface area contributed by atoms with Gasteiger partial charge in [0, 0.05) is 25.3 Å². The molecule has 0 saturated carbocycles. The summed E-state index contributed by atoms with van der Waals surface area (Å²) in [7, 11) is 0. The smallest absolute Gasteiger partial charge is 0.262 e. The standard InChI is InChI=1S/C22H25N3O4/c1-15(21(12-23)22(28)24-13-20(27)14-26)16-2-3-18-11-19(5-4-17(18)10-16)25-6-8-29-9-7-25/h2-5,10-11,20,26-27H,6-9,13-14H2,1H3,(H,24,28)/b21-15+. The molecule has 0 aliphatic carbocycles. The highest BCUT2D eigenvalue weighted by molar-refractivity contribution is 6.05. The number of benzene rings is 2. The number of aliphatic hydroxyl groups is 2. The minimum absolute atomic E-state index is 0.0144. The minimum Gasteiger partial charge on any atom is -0.394 e. The molecule has 1 heterocycles. The molecule has 3 N–H and O–H groups in total. The first-order valence-corrected chi connectivity index (χ1v) is 9.58. The van der Waals surface area contributed by atoms with E-state index in [2.05, 4.69) is 22.3 Å². The Morgan fingerprint density at radius 3 is 2.62 bits per heavy atom. The molecule has 1 atom stereocenters. The molecule has 0 spiro atoms. The average Bonchev–Trinajstić information content (AvgIpc) is 2.77. The second-order valence-electron chi connectivity index (χ2n) is 7.00. The molecule has 1 fully saturated rings. The summed E-state index contributed by atoms with van der Waals surface area (Å²) in [4.78, 5) is 14.6. The molecule has 0 aromatic heterocycles. The SMILES string of the molecule is C/C(=C(/C#N)C(=O)NCC(O)CO)c1ccc2cc(N3CCOCC3)ccc2c1. The third-order valence-corrected chi connectivity index (χ3v) is 5.06. The van der Waals surface area contributed by atoms with Gasteiger partial charge < -0.3 is 25.2 Å². The lowest BCUT2D eigenvalue weighted by molar-refractivity contribution is -0.117. The van der Waals surface area contributed by atoms with E-state index >= 15 is 0 Å². The summed E-state index contributed by atoms with van der Waals surface area (Å²) in [6, 6.07) is 14.0. The highest BCUT2D eigenvalue weighted by Gasteiger charge is 2.16. The summed E-state index contributed by atoms with van der Waals surface area (Å²) in [5, 5.41) is 32.2. The average molecular weight is 395 g/mol. The van der Waals surface area contributed by atoms with Crippen molar-refractivity contribution < 1.29 is 19.7 Å². The number of carbonyl (C=O) groups is 1. The Hall–Kier alpha value is -2.92. The van der Waals surface area contributed by atoms with Gasteiger partial charge in [-0.15, -0.1) is 0 Å². The maximum absolute atomic E-state index is 12.3. The second-order valence-corrected chi connectivity index (χ2v) is 7.00. The summed E-state index contributed by atoms with van der Waals surface area (Å²) in [6.07, 6.45) is -1.06. The lowest BCUT2D eigenvalue weighted by Crippen LogP contribution is -2.36. The fourth-order valence-electron chi connectivity index (χ4n) is 3.30. The van der Waals surface area contributed by atoms with E-state index in [0.29, 0.717) is 5.57 Å².